The van der Waals surface area contributed by atoms with Gasteiger partial charge < -0.3 is 14.4 Å². The van der Waals surface area contributed by atoms with Gasteiger partial charge in [0, 0.05) is 17.9 Å². The first-order valence-corrected chi connectivity index (χ1v) is 16.9. The van der Waals surface area contributed by atoms with Crippen molar-refractivity contribution in [1.82, 2.24) is 0 Å². The number of methoxy groups -OCH3 is 1. The molecule has 0 saturated heterocycles. The van der Waals surface area contributed by atoms with Crippen LogP contribution in [0.1, 0.15) is 47.1 Å². The number of hydrogen-bond acceptors (Lipinski definition) is 6. The predicted molar refractivity (Wildman–Crippen MR) is 186 cm³/mol. The van der Waals surface area contributed by atoms with Gasteiger partial charge in [0.2, 0.25) is 0 Å². The van der Waals surface area contributed by atoms with Crippen molar-refractivity contribution in [3.63, 3.8) is 0 Å². The molecule has 1 atom stereocenters. The van der Waals surface area contributed by atoms with Gasteiger partial charge in [-0.3, -0.25) is 14.4 Å². The van der Waals surface area contributed by atoms with Crippen molar-refractivity contribution in [3.05, 3.63) is 144 Å². The molecule has 0 fully saturated rings. The summed E-state index contributed by atoms with van der Waals surface area (Å²) >= 11 is 0. The van der Waals surface area contributed by atoms with Crippen LogP contribution in [0.25, 0.3) is 0 Å². The lowest BCUT2D eigenvalue weighted by molar-refractivity contribution is 0.0968. The van der Waals surface area contributed by atoms with Gasteiger partial charge in [0.15, 0.2) is 0 Å². The van der Waals surface area contributed by atoms with Gasteiger partial charge in [-0.2, -0.15) is 0 Å². The summed E-state index contributed by atoms with van der Waals surface area (Å²) in [4.78, 5) is 18.5. The normalized spacial score (nSPS) is 14.6. The van der Waals surface area contributed by atoms with Gasteiger partial charge in [0.1, 0.15) is 17.7 Å². The van der Waals surface area contributed by atoms with Crippen molar-refractivity contribution in [2.45, 2.75) is 44.5 Å². The smallest absolute Gasteiger partial charge is 0.262 e. The highest BCUT2D eigenvalue weighted by atomic mass is 32.2. The highest BCUT2D eigenvalue weighted by molar-refractivity contribution is 7.92. The van der Waals surface area contributed by atoms with E-state index in [1.165, 1.54) is 6.07 Å². The fourth-order valence-corrected chi connectivity index (χ4v) is 6.81. The van der Waals surface area contributed by atoms with E-state index in [1.807, 2.05) is 112 Å². The highest BCUT2D eigenvalue weighted by Gasteiger charge is 2.40. The van der Waals surface area contributed by atoms with Crippen LogP contribution in [0.5, 0.6) is 11.5 Å². The SMILES string of the molecule is COc1ccc(N2C(=O)c3cc(S(=O)(=O)Nc4ccc(C)cc4)ccc3N(Cc3ccccc3)[C@H]2c2ccc(OC(C)C)cc2)cc1. The summed E-state index contributed by atoms with van der Waals surface area (Å²) in [6, 6.07) is 36.9. The highest BCUT2D eigenvalue weighted by Crippen LogP contribution is 2.44. The predicted octanol–water partition coefficient (Wildman–Crippen LogP) is 7.96. The molecule has 1 heterocycles. The lowest BCUT2D eigenvalue weighted by Crippen LogP contribution is -2.49. The summed E-state index contributed by atoms with van der Waals surface area (Å²) in [6.07, 6.45) is -0.551. The number of amides is 1. The van der Waals surface area contributed by atoms with Crippen molar-refractivity contribution < 1.29 is 22.7 Å². The number of nitrogens with zero attached hydrogens (tertiary/aromatic N) is 2. The first-order chi connectivity index (χ1) is 22.6. The molecule has 0 saturated carbocycles. The average molecular weight is 648 g/mol. The van der Waals surface area contributed by atoms with Crippen LogP contribution in [-0.4, -0.2) is 27.5 Å². The van der Waals surface area contributed by atoms with E-state index in [1.54, 1.807) is 36.3 Å². The number of sulfonamides is 1. The van der Waals surface area contributed by atoms with E-state index >= 15 is 0 Å². The molecule has 1 aliphatic rings. The van der Waals surface area contributed by atoms with E-state index in [4.69, 9.17) is 9.47 Å². The number of hydrogen-bond donors (Lipinski definition) is 1. The topological polar surface area (TPSA) is 88.2 Å². The fourth-order valence-electron chi connectivity index (χ4n) is 5.72. The van der Waals surface area contributed by atoms with E-state index < -0.39 is 16.2 Å². The number of anilines is 3. The number of fused-ring (bicyclic) bond motifs is 1. The Morgan fingerprint density at radius 3 is 2.11 bits per heavy atom. The fraction of sp³-hybridized carbons (Fsp3) is 0.184. The van der Waals surface area contributed by atoms with Gasteiger partial charge in [0.25, 0.3) is 15.9 Å². The molecule has 1 N–H and O–H groups in total. The van der Waals surface area contributed by atoms with E-state index in [2.05, 4.69) is 9.62 Å². The number of ether oxygens (including phenoxy) is 2. The second kappa shape index (κ2) is 13.2. The molecule has 8 nitrogen and oxygen atoms in total. The van der Waals surface area contributed by atoms with E-state index in [0.29, 0.717) is 29.4 Å². The van der Waals surface area contributed by atoms with E-state index in [-0.39, 0.29) is 22.5 Å². The number of aryl methyl sites for hydroxylation is 1. The molecule has 0 unspecified atom stereocenters. The lowest BCUT2D eigenvalue weighted by atomic mass is 9.99. The Balaban J connectivity index is 1.50. The zero-order valence-electron chi connectivity index (χ0n) is 26.8. The molecule has 5 aromatic rings. The summed E-state index contributed by atoms with van der Waals surface area (Å²) in [7, 11) is -2.41. The van der Waals surface area contributed by atoms with Crippen LogP contribution in [0, 0.1) is 6.92 Å². The third kappa shape index (κ3) is 6.80. The maximum Gasteiger partial charge on any atom is 0.262 e. The molecular formula is C38H37N3O5S. The van der Waals surface area contributed by atoms with Crippen LogP contribution in [0.2, 0.25) is 0 Å². The van der Waals surface area contributed by atoms with Gasteiger partial charge in [0.05, 0.1) is 29.4 Å². The Labute approximate surface area is 276 Å². The molecule has 9 heteroatoms. The van der Waals surface area contributed by atoms with Gasteiger partial charge in [-0.25, -0.2) is 8.42 Å². The summed E-state index contributed by atoms with van der Waals surface area (Å²) in [5.74, 6) is 1.06. The first-order valence-electron chi connectivity index (χ1n) is 15.4. The Bertz CT molecular complexity index is 1960. The van der Waals surface area contributed by atoms with Crippen LogP contribution in [0.4, 0.5) is 17.1 Å². The molecule has 0 bridgehead atoms. The van der Waals surface area contributed by atoms with Crippen LogP contribution >= 0.6 is 0 Å². The van der Waals surface area contributed by atoms with Crippen LogP contribution in [0.15, 0.2) is 126 Å². The molecule has 1 aliphatic heterocycles. The van der Waals surface area contributed by atoms with Crippen molar-refractivity contribution >= 4 is 33.0 Å². The zero-order valence-corrected chi connectivity index (χ0v) is 27.6. The first kappa shape index (κ1) is 31.7. The second-order valence-corrected chi connectivity index (χ2v) is 13.4. The minimum atomic E-state index is -4.00. The number of benzene rings is 5. The summed E-state index contributed by atoms with van der Waals surface area (Å²) in [5.41, 5.74) is 4.90. The van der Waals surface area contributed by atoms with Gasteiger partial charge in [-0.15, -0.1) is 0 Å². The third-order valence-electron chi connectivity index (χ3n) is 7.98. The third-order valence-corrected chi connectivity index (χ3v) is 9.36. The van der Waals surface area contributed by atoms with Crippen LogP contribution in [0.3, 0.4) is 0 Å². The van der Waals surface area contributed by atoms with Crippen LogP contribution in [-0.2, 0) is 16.6 Å². The quantitative estimate of drug-likeness (QED) is 0.166. The maximum absolute atomic E-state index is 14.7. The maximum atomic E-state index is 14.7. The van der Waals surface area contributed by atoms with Crippen molar-refractivity contribution in [2.75, 3.05) is 21.6 Å². The molecule has 0 aromatic heterocycles. The number of carbonyl (C=O) groups excluding carboxylic acids is 1. The van der Waals surface area contributed by atoms with Gasteiger partial charge in [-0.05, 0) is 98.6 Å². The van der Waals surface area contributed by atoms with E-state index in [9.17, 15) is 13.2 Å². The zero-order chi connectivity index (χ0) is 33.1. The average Bonchev–Trinajstić information content (AvgIpc) is 3.07. The standard InChI is InChI=1S/C38H37N3O5S/c1-26(2)46-33-18-12-29(13-19-33)37-40(25-28-8-6-5-7-9-28)36-23-22-34(47(43,44)39-30-14-10-27(3)11-15-30)24-35(36)38(42)41(37)31-16-20-32(45-4)21-17-31/h5-24,26,37,39H,25H2,1-4H3/t37-/m1/s1. The number of nitrogens with one attached hydrogen (secondary N) is 1. The minimum Gasteiger partial charge on any atom is -0.497 e. The molecule has 6 rings (SSSR count). The second-order valence-electron chi connectivity index (χ2n) is 11.7. The van der Waals surface area contributed by atoms with Gasteiger partial charge >= 0.3 is 0 Å². The summed E-state index contributed by atoms with van der Waals surface area (Å²) < 4.78 is 41.2. The Morgan fingerprint density at radius 2 is 1.47 bits per heavy atom. The molecule has 5 aromatic carbocycles. The molecule has 47 heavy (non-hydrogen) atoms. The Morgan fingerprint density at radius 1 is 0.809 bits per heavy atom. The van der Waals surface area contributed by atoms with Crippen molar-refractivity contribution in [1.29, 1.82) is 0 Å². The Hall–Kier alpha value is -5.28. The number of carbonyl (C=O) groups is 1. The Kier molecular flexibility index (Phi) is 8.91. The number of rotatable bonds is 10. The molecule has 0 radical (unpaired) electrons. The van der Waals surface area contributed by atoms with Crippen molar-refractivity contribution in [2.24, 2.45) is 0 Å². The summed E-state index contributed by atoms with van der Waals surface area (Å²) in [5, 5.41) is 0. The monoisotopic (exact) mass is 647 g/mol. The van der Waals surface area contributed by atoms with Crippen molar-refractivity contribution in [3.8, 4) is 11.5 Å². The largest absolute Gasteiger partial charge is 0.497 e. The van der Waals surface area contributed by atoms with Crippen LogP contribution < -0.4 is 24.0 Å². The lowest BCUT2D eigenvalue weighted by Gasteiger charge is -2.46. The summed E-state index contributed by atoms with van der Waals surface area (Å²) in [6.45, 7) is 6.34. The minimum absolute atomic E-state index is 0.00634. The molecule has 0 spiro atoms. The van der Waals surface area contributed by atoms with E-state index in [0.717, 1.165) is 22.4 Å². The molecular weight excluding hydrogens is 611 g/mol. The van der Waals surface area contributed by atoms with Gasteiger partial charge in [-0.1, -0.05) is 60.2 Å². The molecule has 1 amide bonds. The molecule has 0 aliphatic carbocycles. The molecule has 240 valence electrons.